The summed E-state index contributed by atoms with van der Waals surface area (Å²) in [5.41, 5.74) is 2.81. The van der Waals surface area contributed by atoms with Gasteiger partial charge < -0.3 is 9.47 Å². The molecule has 0 bridgehead atoms. The van der Waals surface area contributed by atoms with Crippen LogP contribution in [0.15, 0.2) is 67.0 Å². The minimum absolute atomic E-state index is 0.157. The summed E-state index contributed by atoms with van der Waals surface area (Å²) in [6.45, 7) is 0. The smallest absolute Gasteiger partial charge is 0.315 e. The molecule has 2 aromatic carbocycles. The lowest BCUT2D eigenvalue weighted by Crippen LogP contribution is -2.11. The van der Waals surface area contributed by atoms with Crippen molar-refractivity contribution >= 4 is 29.7 Å². The van der Waals surface area contributed by atoms with Crippen molar-refractivity contribution < 1.29 is 14.3 Å². The lowest BCUT2D eigenvalue weighted by Gasteiger charge is -2.10. The number of aromatic nitrogens is 1. The number of rotatable bonds is 6. The zero-order valence-corrected chi connectivity index (χ0v) is 15.5. The fourth-order valence-electron chi connectivity index (χ4n) is 2.47. The Kier molecular flexibility index (Phi) is 6.23. The Bertz CT molecular complexity index is 938. The van der Waals surface area contributed by atoms with Crippen LogP contribution in [0.1, 0.15) is 16.7 Å². The third-order valence-electron chi connectivity index (χ3n) is 3.85. The Morgan fingerprint density at radius 1 is 0.963 bits per heavy atom. The average Bonchev–Trinajstić information content (AvgIpc) is 2.69. The first-order valence-electron chi connectivity index (χ1n) is 8.35. The Morgan fingerprint density at radius 3 is 2.37 bits per heavy atom. The molecular formula is C22H18ClNO3. The summed E-state index contributed by atoms with van der Waals surface area (Å²) >= 11 is 5.86. The number of ether oxygens (including phenoxy) is 2. The van der Waals surface area contributed by atoms with E-state index in [4.69, 9.17) is 21.1 Å². The van der Waals surface area contributed by atoms with E-state index in [1.807, 2.05) is 36.4 Å². The van der Waals surface area contributed by atoms with E-state index in [1.54, 1.807) is 49.8 Å². The van der Waals surface area contributed by atoms with Crippen LogP contribution in [0.2, 0.25) is 5.02 Å². The topological polar surface area (TPSA) is 48.4 Å². The first kappa shape index (κ1) is 18.7. The van der Waals surface area contributed by atoms with Gasteiger partial charge in [0.2, 0.25) is 0 Å². The summed E-state index contributed by atoms with van der Waals surface area (Å²) < 4.78 is 10.8. The molecule has 0 aliphatic carbocycles. The van der Waals surface area contributed by atoms with Crippen molar-refractivity contribution in [3.63, 3.8) is 0 Å². The van der Waals surface area contributed by atoms with Gasteiger partial charge in [0.15, 0.2) is 11.5 Å². The average molecular weight is 380 g/mol. The lowest BCUT2D eigenvalue weighted by atomic mass is 10.1. The highest BCUT2D eigenvalue weighted by Gasteiger charge is 2.11. The van der Waals surface area contributed by atoms with Crippen LogP contribution in [-0.2, 0) is 11.2 Å². The molecule has 3 aromatic rings. The fraction of sp³-hybridized carbons (Fsp3) is 0.0909. The Labute approximate surface area is 163 Å². The highest BCUT2D eigenvalue weighted by Crippen LogP contribution is 2.29. The van der Waals surface area contributed by atoms with Gasteiger partial charge in [0.25, 0.3) is 0 Å². The molecule has 27 heavy (non-hydrogen) atoms. The van der Waals surface area contributed by atoms with E-state index >= 15 is 0 Å². The van der Waals surface area contributed by atoms with E-state index in [1.165, 1.54) is 0 Å². The second kappa shape index (κ2) is 9.01. The molecule has 5 heteroatoms. The van der Waals surface area contributed by atoms with Gasteiger partial charge in [-0.3, -0.25) is 9.78 Å². The minimum Gasteiger partial charge on any atom is -0.493 e. The molecule has 0 atom stereocenters. The summed E-state index contributed by atoms with van der Waals surface area (Å²) in [6.07, 6.45) is 7.57. The molecule has 3 rings (SSSR count). The third kappa shape index (κ3) is 5.43. The van der Waals surface area contributed by atoms with Crippen molar-refractivity contribution in [2.24, 2.45) is 0 Å². The lowest BCUT2D eigenvalue weighted by molar-refractivity contribution is -0.133. The van der Waals surface area contributed by atoms with Gasteiger partial charge in [0, 0.05) is 17.4 Å². The molecule has 0 saturated carbocycles. The molecule has 0 aliphatic rings. The number of halogens is 1. The normalized spacial score (nSPS) is 10.7. The molecule has 0 saturated heterocycles. The van der Waals surface area contributed by atoms with E-state index in [0.717, 1.165) is 16.7 Å². The van der Waals surface area contributed by atoms with Crippen LogP contribution in [0.25, 0.3) is 12.2 Å². The maximum atomic E-state index is 12.2. The molecule has 0 N–H and O–H groups in total. The molecule has 0 unspecified atom stereocenters. The summed E-state index contributed by atoms with van der Waals surface area (Å²) in [4.78, 5) is 16.2. The Balaban J connectivity index is 1.69. The van der Waals surface area contributed by atoms with Gasteiger partial charge in [-0.1, -0.05) is 42.0 Å². The van der Waals surface area contributed by atoms with E-state index in [-0.39, 0.29) is 12.4 Å². The standard InChI is InChI=1S/C22H18ClNO3/c1-26-21-14-17(3-2-16-10-12-24-13-11-16)6-9-20(21)27-22(25)15-18-4-7-19(23)8-5-18/h2-14H,15H2,1H3/b3-2+. The Morgan fingerprint density at radius 2 is 1.67 bits per heavy atom. The zero-order valence-electron chi connectivity index (χ0n) is 14.8. The van der Waals surface area contributed by atoms with Crippen LogP contribution >= 0.6 is 11.6 Å². The summed E-state index contributed by atoms with van der Waals surface area (Å²) in [5.74, 6) is 0.518. The van der Waals surface area contributed by atoms with Crippen molar-refractivity contribution in [2.75, 3.05) is 7.11 Å². The number of methoxy groups -OCH3 is 1. The molecular weight excluding hydrogens is 362 g/mol. The molecule has 0 spiro atoms. The summed E-state index contributed by atoms with van der Waals surface area (Å²) in [7, 11) is 1.54. The fourth-order valence-corrected chi connectivity index (χ4v) is 2.59. The second-order valence-electron chi connectivity index (χ2n) is 5.80. The van der Waals surface area contributed by atoms with Crippen molar-refractivity contribution in [1.82, 2.24) is 4.98 Å². The highest BCUT2D eigenvalue weighted by atomic mass is 35.5. The number of carbonyl (C=O) groups excluding carboxylic acids is 1. The van der Waals surface area contributed by atoms with Crippen LogP contribution in [0.3, 0.4) is 0 Å². The molecule has 1 heterocycles. The maximum Gasteiger partial charge on any atom is 0.315 e. The van der Waals surface area contributed by atoms with Crippen molar-refractivity contribution in [3.05, 3.63) is 88.7 Å². The molecule has 0 fully saturated rings. The molecule has 0 radical (unpaired) electrons. The maximum absolute atomic E-state index is 12.2. The van der Waals surface area contributed by atoms with Crippen LogP contribution in [0.4, 0.5) is 0 Å². The van der Waals surface area contributed by atoms with E-state index in [9.17, 15) is 4.79 Å². The number of esters is 1. The van der Waals surface area contributed by atoms with Gasteiger partial charge in [-0.2, -0.15) is 0 Å². The van der Waals surface area contributed by atoms with E-state index in [0.29, 0.717) is 16.5 Å². The monoisotopic (exact) mass is 379 g/mol. The number of benzene rings is 2. The van der Waals surface area contributed by atoms with E-state index in [2.05, 4.69) is 4.98 Å². The van der Waals surface area contributed by atoms with Crippen molar-refractivity contribution in [3.8, 4) is 11.5 Å². The molecule has 4 nitrogen and oxygen atoms in total. The van der Waals surface area contributed by atoms with Gasteiger partial charge in [-0.05, 0) is 53.1 Å². The number of hydrogen-bond donors (Lipinski definition) is 0. The van der Waals surface area contributed by atoms with Crippen LogP contribution in [-0.4, -0.2) is 18.1 Å². The molecule has 0 amide bonds. The van der Waals surface area contributed by atoms with Crippen LogP contribution in [0, 0.1) is 0 Å². The van der Waals surface area contributed by atoms with Crippen LogP contribution in [0.5, 0.6) is 11.5 Å². The number of pyridine rings is 1. The molecule has 1 aromatic heterocycles. The van der Waals surface area contributed by atoms with Crippen molar-refractivity contribution in [2.45, 2.75) is 6.42 Å². The predicted molar refractivity (Wildman–Crippen MR) is 107 cm³/mol. The minimum atomic E-state index is -0.365. The van der Waals surface area contributed by atoms with Gasteiger partial charge in [0.05, 0.1) is 13.5 Å². The van der Waals surface area contributed by atoms with Crippen molar-refractivity contribution in [1.29, 1.82) is 0 Å². The second-order valence-corrected chi connectivity index (χ2v) is 6.24. The first-order valence-corrected chi connectivity index (χ1v) is 8.73. The molecule has 136 valence electrons. The summed E-state index contributed by atoms with van der Waals surface area (Å²) in [6, 6.07) is 16.3. The summed E-state index contributed by atoms with van der Waals surface area (Å²) in [5, 5.41) is 0.629. The Hall–Kier alpha value is -3.11. The SMILES string of the molecule is COc1cc(/C=C/c2ccncc2)ccc1OC(=O)Cc1ccc(Cl)cc1. The zero-order chi connectivity index (χ0) is 19.1. The van der Waals surface area contributed by atoms with Crippen LogP contribution < -0.4 is 9.47 Å². The molecule has 0 aliphatic heterocycles. The van der Waals surface area contributed by atoms with Gasteiger partial charge in [0.1, 0.15) is 0 Å². The van der Waals surface area contributed by atoms with E-state index < -0.39 is 0 Å². The van der Waals surface area contributed by atoms with Gasteiger partial charge in [-0.15, -0.1) is 0 Å². The number of hydrogen-bond acceptors (Lipinski definition) is 4. The van der Waals surface area contributed by atoms with Gasteiger partial charge >= 0.3 is 5.97 Å². The highest BCUT2D eigenvalue weighted by molar-refractivity contribution is 6.30. The number of nitrogens with zero attached hydrogens (tertiary/aromatic N) is 1. The number of carbonyl (C=O) groups is 1. The first-order chi connectivity index (χ1) is 13.1. The largest absolute Gasteiger partial charge is 0.493 e. The predicted octanol–water partition coefficient (Wildman–Crippen LogP) is 5.06. The van der Waals surface area contributed by atoms with Gasteiger partial charge in [-0.25, -0.2) is 0 Å². The third-order valence-corrected chi connectivity index (χ3v) is 4.10. The quantitative estimate of drug-likeness (QED) is 0.443.